The first-order chi connectivity index (χ1) is 9.52. The SMILES string of the molecule is CCn1ncc(C(=O)Nc2ccc([N+](=O)[O-])cc2)c1C. The lowest BCUT2D eigenvalue weighted by Crippen LogP contribution is -2.13. The summed E-state index contributed by atoms with van der Waals surface area (Å²) in [6, 6.07) is 5.68. The van der Waals surface area contributed by atoms with E-state index in [-0.39, 0.29) is 11.6 Å². The van der Waals surface area contributed by atoms with Crippen LogP contribution < -0.4 is 5.32 Å². The van der Waals surface area contributed by atoms with Gasteiger partial charge in [-0.3, -0.25) is 19.6 Å². The molecule has 0 radical (unpaired) electrons. The van der Waals surface area contributed by atoms with Gasteiger partial charge in [-0.25, -0.2) is 0 Å². The zero-order chi connectivity index (χ0) is 14.7. The van der Waals surface area contributed by atoms with Gasteiger partial charge in [-0.2, -0.15) is 5.10 Å². The van der Waals surface area contributed by atoms with E-state index in [9.17, 15) is 14.9 Å². The van der Waals surface area contributed by atoms with Crippen molar-refractivity contribution >= 4 is 17.3 Å². The Labute approximate surface area is 115 Å². The zero-order valence-electron chi connectivity index (χ0n) is 11.2. The van der Waals surface area contributed by atoms with Crippen LogP contribution >= 0.6 is 0 Å². The van der Waals surface area contributed by atoms with E-state index in [1.165, 1.54) is 30.5 Å². The Balaban J connectivity index is 2.14. The number of non-ortho nitro benzene ring substituents is 1. The van der Waals surface area contributed by atoms with Crippen molar-refractivity contribution in [3.63, 3.8) is 0 Å². The highest BCUT2D eigenvalue weighted by Gasteiger charge is 2.14. The Kier molecular flexibility index (Phi) is 3.79. The van der Waals surface area contributed by atoms with Crippen molar-refractivity contribution < 1.29 is 9.72 Å². The minimum Gasteiger partial charge on any atom is -0.322 e. The lowest BCUT2D eigenvalue weighted by atomic mass is 10.2. The molecule has 1 N–H and O–H groups in total. The maximum Gasteiger partial charge on any atom is 0.269 e. The van der Waals surface area contributed by atoms with E-state index in [1.54, 1.807) is 4.68 Å². The number of carbonyl (C=O) groups excluding carboxylic acids is 1. The van der Waals surface area contributed by atoms with Gasteiger partial charge in [-0.05, 0) is 26.0 Å². The number of nitro groups is 1. The van der Waals surface area contributed by atoms with Crippen molar-refractivity contribution in [3.05, 3.63) is 51.8 Å². The molecule has 7 nitrogen and oxygen atoms in total. The molecule has 1 amide bonds. The summed E-state index contributed by atoms with van der Waals surface area (Å²) in [7, 11) is 0. The molecule has 1 heterocycles. The monoisotopic (exact) mass is 274 g/mol. The van der Waals surface area contributed by atoms with E-state index >= 15 is 0 Å². The van der Waals surface area contributed by atoms with E-state index in [1.807, 2.05) is 13.8 Å². The molecular formula is C13H14N4O3. The number of nitro benzene ring substituents is 1. The molecule has 20 heavy (non-hydrogen) atoms. The summed E-state index contributed by atoms with van der Waals surface area (Å²) >= 11 is 0. The third kappa shape index (κ3) is 2.66. The quantitative estimate of drug-likeness (QED) is 0.684. The summed E-state index contributed by atoms with van der Waals surface area (Å²) in [5, 5.41) is 17.3. The van der Waals surface area contributed by atoms with E-state index in [4.69, 9.17) is 0 Å². The number of anilines is 1. The van der Waals surface area contributed by atoms with Crippen molar-refractivity contribution in [3.8, 4) is 0 Å². The maximum absolute atomic E-state index is 12.1. The predicted octanol–water partition coefficient (Wildman–Crippen LogP) is 2.37. The average Bonchev–Trinajstić information content (AvgIpc) is 2.80. The van der Waals surface area contributed by atoms with Gasteiger partial charge in [0.15, 0.2) is 0 Å². The van der Waals surface area contributed by atoms with E-state index < -0.39 is 4.92 Å². The van der Waals surface area contributed by atoms with Gasteiger partial charge in [-0.1, -0.05) is 0 Å². The van der Waals surface area contributed by atoms with Crippen LogP contribution in [0.4, 0.5) is 11.4 Å². The number of nitrogens with zero attached hydrogens (tertiary/aromatic N) is 3. The van der Waals surface area contributed by atoms with Gasteiger partial charge in [0.05, 0.1) is 16.7 Å². The van der Waals surface area contributed by atoms with Crippen LogP contribution in [0.5, 0.6) is 0 Å². The molecule has 0 unspecified atom stereocenters. The molecule has 0 aliphatic heterocycles. The summed E-state index contributed by atoms with van der Waals surface area (Å²) in [4.78, 5) is 22.1. The first-order valence-corrected chi connectivity index (χ1v) is 6.11. The van der Waals surface area contributed by atoms with Gasteiger partial charge in [0.1, 0.15) is 0 Å². The Morgan fingerprint density at radius 2 is 2.05 bits per heavy atom. The summed E-state index contributed by atoms with van der Waals surface area (Å²) in [6.45, 7) is 4.45. The Morgan fingerprint density at radius 1 is 1.40 bits per heavy atom. The highest BCUT2D eigenvalue weighted by atomic mass is 16.6. The molecule has 0 spiro atoms. The van der Waals surface area contributed by atoms with Crippen LogP contribution in [0.15, 0.2) is 30.5 Å². The second-order valence-corrected chi connectivity index (χ2v) is 4.22. The summed E-state index contributed by atoms with van der Waals surface area (Å²) < 4.78 is 1.73. The van der Waals surface area contributed by atoms with E-state index in [0.29, 0.717) is 17.8 Å². The largest absolute Gasteiger partial charge is 0.322 e. The van der Waals surface area contributed by atoms with Crippen LogP contribution in [0.2, 0.25) is 0 Å². The van der Waals surface area contributed by atoms with Crippen LogP contribution in [-0.2, 0) is 6.54 Å². The number of hydrogen-bond acceptors (Lipinski definition) is 4. The first kappa shape index (κ1) is 13.7. The first-order valence-electron chi connectivity index (χ1n) is 6.11. The molecule has 0 aliphatic carbocycles. The molecule has 0 aliphatic rings. The summed E-state index contributed by atoms with van der Waals surface area (Å²) in [6.07, 6.45) is 1.51. The topological polar surface area (TPSA) is 90.1 Å². The lowest BCUT2D eigenvalue weighted by molar-refractivity contribution is -0.384. The standard InChI is InChI=1S/C13H14N4O3/c1-3-16-9(2)12(8-14-16)13(18)15-10-4-6-11(7-5-10)17(19)20/h4-8H,3H2,1-2H3,(H,15,18). The predicted molar refractivity (Wildman–Crippen MR) is 73.7 cm³/mol. The van der Waals surface area contributed by atoms with Gasteiger partial charge in [-0.15, -0.1) is 0 Å². The Bertz CT molecular complexity index is 646. The molecular weight excluding hydrogens is 260 g/mol. The molecule has 7 heteroatoms. The zero-order valence-corrected chi connectivity index (χ0v) is 11.2. The van der Waals surface area contributed by atoms with Crippen molar-refractivity contribution in [2.24, 2.45) is 0 Å². The van der Waals surface area contributed by atoms with E-state index in [2.05, 4.69) is 10.4 Å². The fraction of sp³-hybridized carbons (Fsp3) is 0.231. The molecule has 2 rings (SSSR count). The van der Waals surface area contributed by atoms with Gasteiger partial charge in [0, 0.05) is 30.1 Å². The van der Waals surface area contributed by atoms with Crippen LogP contribution in [-0.4, -0.2) is 20.6 Å². The number of benzene rings is 1. The van der Waals surface area contributed by atoms with Crippen LogP contribution in [0.3, 0.4) is 0 Å². The third-order valence-electron chi connectivity index (χ3n) is 2.98. The Morgan fingerprint density at radius 3 is 2.55 bits per heavy atom. The van der Waals surface area contributed by atoms with Crippen LogP contribution in [0, 0.1) is 17.0 Å². The molecule has 0 fully saturated rings. The molecule has 0 saturated carbocycles. The number of carbonyl (C=O) groups is 1. The minimum atomic E-state index is -0.485. The highest BCUT2D eigenvalue weighted by molar-refractivity contribution is 6.04. The normalized spacial score (nSPS) is 10.3. The van der Waals surface area contributed by atoms with Crippen LogP contribution in [0.1, 0.15) is 23.0 Å². The number of rotatable bonds is 4. The second kappa shape index (κ2) is 5.52. The van der Waals surface area contributed by atoms with Crippen molar-refractivity contribution in [1.29, 1.82) is 0 Å². The summed E-state index contributed by atoms with van der Waals surface area (Å²) in [5.74, 6) is -0.281. The number of hydrogen-bond donors (Lipinski definition) is 1. The highest BCUT2D eigenvalue weighted by Crippen LogP contribution is 2.17. The third-order valence-corrected chi connectivity index (χ3v) is 2.98. The van der Waals surface area contributed by atoms with Crippen LogP contribution in [0.25, 0.3) is 0 Å². The van der Waals surface area contributed by atoms with Gasteiger partial charge in [0.25, 0.3) is 11.6 Å². The molecule has 0 saturated heterocycles. The molecule has 104 valence electrons. The number of aromatic nitrogens is 2. The molecule has 2 aromatic rings. The molecule has 1 aromatic heterocycles. The number of nitrogens with one attached hydrogen (secondary N) is 1. The van der Waals surface area contributed by atoms with Crippen molar-refractivity contribution in [2.75, 3.05) is 5.32 Å². The van der Waals surface area contributed by atoms with Crippen molar-refractivity contribution in [2.45, 2.75) is 20.4 Å². The smallest absolute Gasteiger partial charge is 0.269 e. The summed E-state index contributed by atoms with van der Waals surface area (Å²) in [5.41, 5.74) is 1.76. The Hall–Kier alpha value is -2.70. The lowest BCUT2D eigenvalue weighted by Gasteiger charge is -2.05. The van der Waals surface area contributed by atoms with E-state index in [0.717, 1.165) is 5.69 Å². The van der Waals surface area contributed by atoms with Gasteiger partial charge in [0.2, 0.25) is 0 Å². The van der Waals surface area contributed by atoms with Gasteiger partial charge < -0.3 is 5.32 Å². The molecule has 0 atom stereocenters. The molecule has 1 aromatic carbocycles. The average molecular weight is 274 g/mol. The number of amides is 1. The maximum atomic E-state index is 12.1. The minimum absolute atomic E-state index is 0.0158. The number of aryl methyl sites for hydroxylation is 1. The molecule has 0 bridgehead atoms. The fourth-order valence-electron chi connectivity index (χ4n) is 1.85. The fourth-order valence-corrected chi connectivity index (χ4v) is 1.85. The van der Waals surface area contributed by atoms with Gasteiger partial charge >= 0.3 is 0 Å². The van der Waals surface area contributed by atoms with Crippen molar-refractivity contribution in [1.82, 2.24) is 9.78 Å². The second-order valence-electron chi connectivity index (χ2n) is 4.22.